The predicted molar refractivity (Wildman–Crippen MR) is 125 cm³/mol. The molecule has 4 aromatic carbocycles. The number of nitrogens with zero attached hydrogens (tertiary/aromatic N) is 2. The molecular weight excluding hydrogens is 382 g/mol. The van der Waals surface area contributed by atoms with E-state index in [2.05, 4.69) is 76.5 Å². The standard InChI is InChI=1S/C28H17BN2.Li/c1-2-10-25-24(9-1)30-16-31(25)23-14-21-12-19-7-3-5-17-11-18-6-4-8-20-13-22(15-23)28(21)29(26(17)19)27(18)20;/h1-10,14H,11-13H2;/q-2;+1. The number of hydrogen-bond donors (Lipinski definition) is 0. The molecule has 0 saturated heterocycles. The summed E-state index contributed by atoms with van der Waals surface area (Å²) in [5.41, 5.74) is 16.5. The Morgan fingerprint density at radius 1 is 0.719 bits per heavy atom. The predicted octanol–water partition coefficient (Wildman–Crippen LogP) is -0.141. The van der Waals surface area contributed by atoms with E-state index >= 15 is 0 Å². The molecule has 0 N–H and O–H groups in total. The zero-order chi connectivity index (χ0) is 20.1. The van der Waals surface area contributed by atoms with E-state index in [0.717, 1.165) is 36.0 Å². The molecule has 8 rings (SSSR count). The van der Waals surface area contributed by atoms with E-state index in [0.29, 0.717) is 6.71 Å². The molecule has 4 heteroatoms. The summed E-state index contributed by atoms with van der Waals surface area (Å²) in [6.07, 6.45) is 6.22. The van der Waals surface area contributed by atoms with Crippen LogP contribution in [-0.2, 0) is 19.3 Å². The van der Waals surface area contributed by atoms with Crippen LogP contribution in [-0.4, -0.2) is 16.3 Å². The zero-order valence-electron chi connectivity index (χ0n) is 17.9. The van der Waals surface area contributed by atoms with Crippen LogP contribution in [0.1, 0.15) is 33.4 Å². The molecule has 2 nitrogen and oxygen atoms in total. The van der Waals surface area contributed by atoms with Crippen molar-refractivity contribution < 1.29 is 18.9 Å². The minimum Gasteiger partial charge on any atom is -0.448 e. The number of para-hydroxylation sites is 2. The second-order valence-corrected chi connectivity index (χ2v) is 9.05. The van der Waals surface area contributed by atoms with E-state index in [1.807, 2.05) is 12.1 Å². The molecule has 3 aliphatic heterocycles. The molecule has 0 unspecified atom stereocenters. The van der Waals surface area contributed by atoms with E-state index < -0.39 is 0 Å². The van der Waals surface area contributed by atoms with Gasteiger partial charge in [-0.2, -0.15) is 28.3 Å². The van der Waals surface area contributed by atoms with E-state index in [4.69, 9.17) is 0 Å². The van der Waals surface area contributed by atoms with Crippen molar-refractivity contribution in [1.29, 1.82) is 0 Å². The Balaban J connectivity index is 0.00000180. The first-order valence-electron chi connectivity index (χ1n) is 11.0. The van der Waals surface area contributed by atoms with Gasteiger partial charge < -0.3 is 9.55 Å². The van der Waals surface area contributed by atoms with Crippen molar-refractivity contribution in [3.8, 4) is 5.69 Å². The molecule has 5 aromatic rings. The topological polar surface area (TPSA) is 17.8 Å². The van der Waals surface area contributed by atoms with Gasteiger partial charge in [0, 0.05) is 6.33 Å². The maximum absolute atomic E-state index is 4.50. The average molecular weight is 399 g/mol. The Bertz CT molecular complexity index is 1510. The number of fused-ring (bicyclic) bond motifs is 1. The fourth-order valence-electron chi connectivity index (χ4n) is 6.27. The van der Waals surface area contributed by atoms with Gasteiger partial charge in [-0.3, -0.25) is 0 Å². The van der Waals surface area contributed by atoms with Crippen LogP contribution >= 0.6 is 0 Å². The molecule has 32 heavy (non-hydrogen) atoms. The van der Waals surface area contributed by atoms with Gasteiger partial charge in [0.25, 0.3) is 0 Å². The molecule has 0 saturated carbocycles. The molecule has 0 fully saturated rings. The quantitative estimate of drug-likeness (QED) is 0.278. The third-order valence-corrected chi connectivity index (χ3v) is 7.46. The van der Waals surface area contributed by atoms with Crippen molar-refractivity contribution >= 4 is 34.1 Å². The van der Waals surface area contributed by atoms with Crippen LogP contribution < -0.4 is 35.2 Å². The van der Waals surface area contributed by atoms with Crippen LogP contribution in [0.25, 0.3) is 16.7 Å². The zero-order valence-corrected chi connectivity index (χ0v) is 17.9. The summed E-state index contributed by atoms with van der Waals surface area (Å²) in [7, 11) is 0. The fourth-order valence-corrected chi connectivity index (χ4v) is 6.27. The number of benzene rings is 4. The van der Waals surface area contributed by atoms with Gasteiger partial charge in [0.1, 0.15) is 0 Å². The summed E-state index contributed by atoms with van der Waals surface area (Å²) in [5, 5.41) is 0. The molecular formula is C28H17BLiN2-. The third kappa shape index (κ3) is 2.31. The first kappa shape index (κ1) is 18.6. The first-order chi connectivity index (χ1) is 15.3. The Labute approximate surface area is 199 Å². The molecule has 0 amide bonds. The fraction of sp³-hybridized carbons (Fsp3) is 0.107. The van der Waals surface area contributed by atoms with Gasteiger partial charge in [-0.25, -0.2) is 6.07 Å². The van der Waals surface area contributed by atoms with Crippen molar-refractivity contribution in [1.82, 2.24) is 9.55 Å². The van der Waals surface area contributed by atoms with Gasteiger partial charge in [0.15, 0.2) is 6.71 Å². The molecule has 144 valence electrons. The van der Waals surface area contributed by atoms with Crippen LogP contribution in [0.4, 0.5) is 0 Å². The minimum atomic E-state index is 0. The van der Waals surface area contributed by atoms with Crippen molar-refractivity contribution in [3.63, 3.8) is 0 Å². The number of rotatable bonds is 1. The summed E-state index contributed by atoms with van der Waals surface area (Å²) in [6.45, 7) is 0.368. The first-order valence-corrected chi connectivity index (χ1v) is 11.0. The SMILES string of the molecule is [Li+].[c-]1c(-n2[c-]nc3ccccc32)cc2c3c1Cc1cccc4c1B3c1c(cccc1C4)C2. The average Bonchev–Trinajstić information content (AvgIpc) is 3.23. The molecule has 3 aliphatic rings. The van der Waals surface area contributed by atoms with Gasteiger partial charge in [-0.05, 0) is 35.9 Å². The second kappa shape index (κ2) is 6.51. The van der Waals surface area contributed by atoms with Gasteiger partial charge in [0.2, 0.25) is 0 Å². The summed E-state index contributed by atoms with van der Waals surface area (Å²) in [6, 6.07) is 28.2. The molecule has 0 atom stereocenters. The van der Waals surface area contributed by atoms with Crippen molar-refractivity contribution in [3.05, 3.63) is 113 Å². The van der Waals surface area contributed by atoms with Crippen molar-refractivity contribution in [2.45, 2.75) is 19.3 Å². The normalized spacial score (nSPS) is 14.2. The number of imidazole rings is 1. The number of hydrogen-bond acceptors (Lipinski definition) is 1. The van der Waals surface area contributed by atoms with E-state index in [9.17, 15) is 0 Å². The Morgan fingerprint density at radius 2 is 1.38 bits per heavy atom. The van der Waals surface area contributed by atoms with Crippen LogP contribution in [0, 0.1) is 12.4 Å². The van der Waals surface area contributed by atoms with Gasteiger partial charge in [-0.15, -0.1) is 0 Å². The maximum Gasteiger partial charge on any atom is 1.00 e. The third-order valence-electron chi connectivity index (χ3n) is 7.46. The van der Waals surface area contributed by atoms with Crippen LogP contribution in [0.3, 0.4) is 0 Å². The van der Waals surface area contributed by atoms with Crippen LogP contribution in [0.5, 0.6) is 0 Å². The smallest absolute Gasteiger partial charge is 0.448 e. The van der Waals surface area contributed by atoms with Crippen LogP contribution in [0.15, 0.2) is 66.7 Å². The summed E-state index contributed by atoms with van der Waals surface area (Å²) in [4.78, 5) is 4.50. The van der Waals surface area contributed by atoms with Gasteiger partial charge >= 0.3 is 18.9 Å². The van der Waals surface area contributed by atoms with E-state index in [-0.39, 0.29) is 18.9 Å². The second-order valence-electron chi connectivity index (χ2n) is 9.05. The Kier molecular flexibility index (Phi) is 3.78. The summed E-state index contributed by atoms with van der Waals surface area (Å²) < 4.78 is 2.07. The summed E-state index contributed by atoms with van der Waals surface area (Å²) >= 11 is 0. The minimum absolute atomic E-state index is 0. The Hall–Kier alpha value is -2.99. The van der Waals surface area contributed by atoms with Crippen molar-refractivity contribution in [2.24, 2.45) is 0 Å². The molecule has 0 bridgehead atoms. The molecule has 0 radical (unpaired) electrons. The largest absolute Gasteiger partial charge is 1.00 e. The van der Waals surface area contributed by atoms with Crippen molar-refractivity contribution in [2.75, 3.05) is 0 Å². The Morgan fingerprint density at radius 3 is 2.12 bits per heavy atom. The number of aromatic nitrogens is 2. The summed E-state index contributed by atoms with van der Waals surface area (Å²) in [5.74, 6) is 0. The molecule has 4 heterocycles. The maximum atomic E-state index is 4.50. The van der Waals surface area contributed by atoms with E-state index in [1.165, 1.54) is 38.8 Å². The molecule has 0 aliphatic carbocycles. The van der Waals surface area contributed by atoms with Gasteiger partial charge in [-0.1, -0.05) is 88.2 Å². The van der Waals surface area contributed by atoms with E-state index in [1.54, 1.807) is 10.9 Å². The van der Waals surface area contributed by atoms with Gasteiger partial charge in [0.05, 0.1) is 0 Å². The van der Waals surface area contributed by atoms with Crippen LogP contribution in [0.2, 0.25) is 0 Å². The molecule has 1 aromatic heterocycles. The molecule has 0 spiro atoms. The monoisotopic (exact) mass is 399 g/mol.